The van der Waals surface area contributed by atoms with Gasteiger partial charge in [0, 0.05) is 23.5 Å². The number of aryl methyl sites for hydroxylation is 2. The van der Waals surface area contributed by atoms with Crippen molar-refractivity contribution < 1.29 is 14.7 Å². The number of aromatic nitrogens is 1. The van der Waals surface area contributed by atoms with E-state index in [9.17, 15) is 14.7 Å². The number of pyridine rings is 1. The standard InChI is InChI=1S/C20H22N2O3/c1-11-8-12(2)18-14(9-11)15(10-16(21-18)13-5-6-13)19(23)22-7-3-4-17(22)20(24)25/h8-10,13,17H,3-7H2,1-2H3,(H,24,25)/t17-/m0/s1. The van der Waals surface area contributed by atoms with Crippen LogP contribution in [0.2, 0.25) is 0 Å². The van der Waals surface area contributed by atoms with Gasteiger partial charge in [0.2, 0.25) is 0 Å². The van der Waals surface area contributed by atoms with Crippen molar-refractivity contribution in [1.82, 2.24) is 9.88 Å². The van der Waals surface area contributed by atoms with E-state index in [-0.39, 0.29) is 5.91 Å². The highest BCUT2D eigenvalue weighted by atomic mass is 16.4. The minimum atomic E-state index is -0.918. The Morgan fingerprint density at radius 3 is 2.60 bits per heavy atom. The van der Waals surface area contributed by atoms with Gasteiger partial charge in [-0.2, -0.15) is 0 Å². The van der Waals surface area contributed by atoms with Crippen molar-refractivity contribution in [2.75, 3.05) is 6.54 Å². The van der Waals surface area contributed by atoms with E-state index in [1.807, 2.05) is 26.0 Å². The average molecular weight is 338 g/mol. The molecule has 1 N–H and O–H groups in total. The second-order valence-electron chi connectivity index (χ2n) is 7.34. The van der Waals surface area contributed by atoms with E-state index in [1.54, 1.807) is 0 Å². The Morgan fingerprint density at radius 1 is 1.16 bits per heavy atom. The molecule has 2 aliphatic rings. The first kappa shape index (κ1) is 16.1. The highest BCUT2D eigenvalue weighted by molar-refractivity contribution is 6.08. The first-order valence-corrected chi connectivity index (χ1v) is 8.91. The van der Waals surface area contributed by atoms with Gasteiger partial charge in [0.1, 0.15) is 6.04 Å². The van der Waals surface area contributed by atoms with Crippen molar-refractivity contribution in [3.05, 3.63) is 40.6 Å². The Kier molecular flexibility index (Phi) is 3.74. The van der Waals surface area contributed by atoms with Crippen molar-refractivity contribution in [2.45, 2.75) is 51.5 Å². The Morgan fingerprint density at radius 2 is 1.92 bits per heavy atom. The van der Waals surface area contributed by atoms with Crippen molar-refractivity contribution in [3.8, 4) is 0 Å². The molecule has 1 saturated heterocycles. The lowest BCUT2D eigenvalue weighted by Crippen LogP contribution is -2.40. The molecule has 2 fully saturated rings. The number of carbonyl (C=O) groups excluding carboxylic acids is 1. The number of fused-ring (bicyclic) bond motifs is 1. The zero-order valence-corrected chi connectivity index (χ0v) is 14.6. The monoisotopic (exact) mass is 338 g/mol. The van der Waals surface area contributed by atoms with Crippen LogP contribution in [0.4, 0.5) is 0 Å². The van der Waals surface area contributed by atoms with Crippen molar-refractivity contribution in [2.24, 2.45) is 0 Å². The van der Waals surface area contributed by atoms with E-state index in [2.05, 4.69) is 6.07 Å². The smallest absolute Gasteiger partial charge is 0.326 e. The predicted octanol–water partition coefficient (Wildman–Crippen LogP) is 3.42. The lowest BCUT2D eigenvalue weighted by atomic mass is 9.99. The van der Waals surface area contributed by atoms with Gasteiger partial charge in [-0.3, -0.25) is 9.78 Å². The van der Waals surface area contributed by atoms with Gasteiger partial charge in [-0.25, -0.2) is 4.79 Å². The summed E-state index contributed by atoms with van der Waals surface area (Å²) < 4.78 is 0. The molecule has 0 radical (unpaired) electrons. The van der Waals surface area contributed by atoms with Crippen LogP contribution in [0.1, 0.15) is 58.8 Å². The summed E-state index contributed by atoms with van der Waals surface area (Å²) in [6.45, 7) is 4.53. The number of carboxylic acids is 1. The Labute approximate surface area is 146 Å². The Hall–Kier alpha value is -2.43. The molecule has 1 amide bonds. The molecule has 1 aliphatic heterocycles. The maximum atomic E-state index is 13.2. The maximum Gasteiger partial charge on any atom is 0.326 e. The van der Waals surface area contributed by atoms with Gasteiger partial charge in [-0.05, 0) is 57.2 Å². The van der Waals surface area contributed by atoms with Crippen LogP contribution in [0.15, 0.2) is 18.2 Å². The number of likely N-dealkylation sites (tertiary alicyclic amines) is 1. The quantitative estimate of drug-likeness (QED) is 0.931. The second kappa shape index (κ2) is 5.83. The summed E-state index contributed by atoms with van der Waals surface area (Å²) in [5.41, 5.74) is 4.57. The fourth-order valence-corrected chi connectivity index (χ4v) is 3.89. The van der Waals surface area contributed by atoms with Gasteiger partial charge in [0.25, 0.3) is 5.91 Å². The number of nitrogens with zero attached hydrogens (tertiary/aromatic N) is 2. The van der Waals surface area contributed by atoms with Crippen LogP contribution >= 0.6 is 0 Å². The lowest BCUT2D eigenvalue weighted by molar-refractivity contribution is -0.141. The average Bonchev–Trinajstić information content (AvgIpc) is 3.29. The number of aliphatic carboxylic acids is 1. The van der Waals surface area contributed by atoms with E-state index in [1.165, 1.54) is 4.90 Å². The van der Waals surface area contributed by atoms with E-state index in [0.29, 0.717) is 24.4 Å². The third kappa shape index (κ3) is 2.77. The molecule has 1 atom stereocenters. The fourth-order valence-electron chi connectivity index (χ4n) is 3.89. The summed E-state index contributed by atoms with van der Waals surface area (Å²) in [7, 11) is 0. The van der Waals surface area contributed by atoms with Crippen molar-refractivity contribution in [1.29, 1.82) is 0 Å². The van der Waals surface area contributed by atoms with Gasteiger partial charge in [0.15, 0.2) is 0 Å². The van der Waals surface area contributed by atoms with E-state index in [4.69, 9.17) is 4.98 Å². The number of rotatable bonds is 3. The number of amides is 1. The summed E-state index contributed by atoms with van der Waals surface area (Å²) >= 11 is 0. The number of hydrogen-bond acceptors (Lipinski definition) is 3. The molecule has 0 spiro atoms. The summed E-state index contributed by atoms with van der Waals surface area (Å²) in [5, 5.41) is 10.3. The third-order valence-corrected chi connectivity index (χ3v) is 5.29. The van der Waals surface area contributed by atoms with Crippen LogP contribution in [0.3, 0.4) is 0 Å². The minimum absolute atomic E-state index is 0.177. The molecular weight excluding hydrogens is 316 g/mol. The number of hydrogen-bond donors (Lipinski definition) is 1. The maximum absolute atomic E-state index is 13.2. The van der Waals surface area contributed by atoms with Gasteiger partial charge < -0.3 is 10.0 Å². The molecule has 0 unspecified atom stereocenters. The van der Waals surface area contributed by atoms with Crippen molar-refractivity contribution >= 4 is 22.8 Å². The molecule has 5 heteroatoms. The number of benzene rings is 1. The van der Waals surface area contributed by atoms with E-state index < -0.39 is 12.0 Å². The summed E-state index contributed by atoms with van der Waals surface area (Å²) in [5.74, 6) is -0.659. The largest absolute Gasteiger partial charge is 0.480 e. The Balaban J connectivity index is 1.87. The zero-order valence-electron chi connectivity index (χ0n) is 14.6. The molecule has 1 aromatic heterocycles. The molecule has 2 heterocycles. The topological polar surface area (TPSA) is 70.5 Å². The highest BCUT2D eigenvalue weighted by Crippen LogP contribution is 2.41. The van der Waals surface area contributed by atoms with Crippen LogP contribution in [-0.2, 0) is 4.79 Å². The van der Waals surface area contributed by atoms with Crippen LogP contribution in [0.5, 0.6) is 0 Å². The van der Waals surface area contributed by atoms with Gasteiger partial charge in [-0.15, -0.1) is 0 Å². The third-order valence-electron chi connectivity index (χ3n) is 5.29. The summed E-state index contributed by atoms with van der Waals surface area (Å²) in [6.07, 6.45) is 3.48. The second-order valence-corrected chi connectivity index (χ2v) is 7.34. The first-order valence-electron chi connectivity index (χ1n) is 8.91. The molecule has 1 saturated carbocycles. The van der Waals surface area contributed by atoms with Gasteiger partial charge >= 0.3 is 5.97 Å². The molecule has 5 nitrogen and oxygen atoms in total. The summed E-state index contributed by atoms with van der Waals surface area (Å²) in [6, 6.07) is 5.26. The van der Waals surface area contributed by atoms with E-state index in [0.717, 1.165) is 47.0 Å². The summed E-state index contributed by atoms with van der Waals surface area (Å²) in [4.78, 5) is 31.1. The zero-order chi connectivity index (χ0) is 17.7. The van der Waals surface area contributed by atoms with Crippen LogP contribution in [0, 0.1) is 13.8 Å². The predicted molar refractivity (Wildman–Crippen MR) is 94.9 cm³/mol. The number of carbonyl (C=O) groups is 2. The highest BCUT2D eigenvalue weighted by Gasteiger charge is 2.36. The molecule has 2 aromatic rings. The molecule has 1 aliphatic carbocycles. The first-order chi connectivity index (χ1) is 12.0. The molecular formula is C20H22N2O3. The molecule has 4 rings (SSSR count). The normalized spacial score (nSPS) is 20.2. The van der Waals surface area contributed by atoms with Gasteiger partial charge in [-0.1, -0.05) is 11.6 Å². The number of carboxylic acid groups (broad SMARTS) is 1. The van der Waals surface area contributed by atoms with E-state index >= 15 is 0 Å². The fraction of sp³-hybridized carbons (Fsp3) is 0.450. The Bertz CT molecular complexity index is 886. The molecule has 1 aromatic carbocycles. The SMILES string of the molecule is Cc1cc(C)c2nc(C3CC3)cc(C(=O)N3CCC[C@H]3C(=O)O)c2c1. The van der Waals surface area contributed by atoms with Gasteiger partial charge in [0.05, 0.1) is 11.1 Å². The van der Waals surface area contributed by atoms with Crippen LogP contribution < -0.4 is 0 Å². The van der Waals surface area contributed by atoms with Crippen LogP contribution in [0.25, 0.3) is 10.9 Å². The van der Waals surface area contributed by atoms with Crippen LogP contribution in [-0.4, -0.2) is 39.5 Å². The minimum Gasteiger partial charge on any atom is -0.480 e. The lowest BCUT2D eigenvalue weighted by Gasteiger charge is -2.23. The molecule has 25 heavy (non-hydrogen) atoms. The van der Waals surface area contributed by atoms with Crippen molar-refractivity contribution in [3.63, 3.8) is 0 Å². The molecule has 130 valence electrons. The molecule has 0 bridgehead atoms.